The molecule has 1 aromatic carbocycles. The lowest BCUT2D eigenvalue weighted by Gasteiger charge is -2.33. The van der Waals surface area contributed by atoms with Gasteiger partial charge in [-0.05, 0) is 63.1 Å². The molecule has 1 saturated heterocycles. The third-order valence-corrected chi connectivity index (χ3v) is 7.05. The van der Waals surface area contributed by atoms with Crippen LogP contribution >= 0.6 is 0 Å². The zero-order valence-electron chi connectivity index (χ0n) is 24.6. The van der Waals surface area contributed by atoms with Gasteiger partial charge in [0.2, 0.25) is 0 Å². The largest absolute Gasteiger partial charge is 0.489 e. The monoisotopic (exact) mass is 640 g/mol. The number of hydrogen-bond donors (Lipinski definition) is 2. The van der Waals surface area contributed by atoms with Crippen molar-refractivity contribution in [3.05, 3.63) is 77.4 Å². The molecule has 0 spiro atoms. The molecule has 0 bridgehead atoms. The number of imide groups is 1. The summed E-state index contributed by atoms with van der Waals surface area (Å²) in [5, 5.41) is 12.5. The maximum absolute atomic E-state index is 13.4. The fourth-order valence-electron chi connectivity index (χ4n) is 4.78. The van der Waals surface area contributed by atoms with Crippen LogP contribution in [0.4, 0.5) is 31.1 Å². The first-order valence-electron chi connectivity index (χ1n) is 13.8. The topological polar surface area (TPSA) is 114 Å². The highest BCUT2D eigenvalue weighted by molar-refractivity contribution is 6.06. The van der Waals surface area contributed by atoms with Crippen molar-refractivity contribution in [3.63, 3.8) is 0 Å². The molecule has 3 aromatic rings. The van der Waals surface area contributed by atoms with Crippen LogP contribution in [0.25, 0.3) is 0 Å². The Kier molecular flexibility index (Phi) is 9.07. The fraction of sp³-hybridized carbons (Fsp3) is 0.400. The van der Waals surface area contributed by atoms with Crippen LogP contribution in [-0.2, 0) is 28.9 Å². The molecule has 15 heteroatoms. The number of halogens is 6. The predicted octanol–water partition coefficient (Wildman–Crippen LogP) is 6.29. The molecule has 0 aliphatic carbocycles. The second kappa shape index (κ2) is 12.2. The molecule has 1 aliphatic heterocycles. The van der Waals surface area contributed by atoms with Crippen LogP contribution < -0.4 is 14.8 Å². The third-order valence-electron chi connectivity index (χ3n) is 7.05. The average Bonchev–Trinajstić information content (AvgIpc) is 3.16. The molecule has 1 unspecified atom stereocenters. The Labute approximate surface area is 254 Å². The summed E-state index contributed by atoms with van der Waals surface area (Å²) in [7, 11) is 0. The van der Waals surface area contributed by atoms with Crippen molar-refractivity contribution in [1.29, 1.82) is 0 Å². The number of urea groups is 1. The predicted molar refractivity (Wildman–Crippen MR) is 147 cm³/mol. The molecule has 1 aliphatic rings. The van der Waals surface area contributed by atoms with E-state index in [9.17, 15) is 41.0 Å². The molecule has 1 fully saturated rings. The summed E-state index contributed by atoms with van der Waals surface area (Å²) < 4.78 is 92.0. The van der Waals surface area contributed by atoms with E-state index in [1.54, 1.807) is 19.1 Å². The van der Waals surface area contributed by atoms with Gasteiger partial charge in [-0.15, -0.1) is 0 Å². The van der Waals surface area contributed by atoms with E-state index in [2.05, 4.69) is 15.3 Å². The van der Waals surface area contributed by atoms with Crippen LogP contribution in [0.3, 0.4) is 0 Å². The second-order valence-corrected chi connectivity index (χ2v) is 10.9. The van der Waals surface area contributed by atoms with Crippen molar-refractivity contribution in [2.75, 3.05) is 0 Å². The number of rotatable bonds is 10. The van der Waals surface area contributed by atoms with Crippen LogP contribution in [0.2, 0.25) is 0 Å². The van der Waals surface area contributed by atoms with Gasteiger partial charge in [-0.25, -0.2) is 4.79 Å². The Hall–Kier alpha value is -4.40. The van der Waals surface area contributed by atoms with Crippen molar-refractivity contribution in [1.82, 2.24) is 20.2 Å². The van der Waals surface area contributed by atoms with Crippen LogP contribution in [0.5, 0.6) is 17.2 Å². The summed E-state index contributed by atoms with van der Waals surface area (Å²) in [4.78, 5) is 35.6. The van der Waals surface area contributed by atoms with Gasteiger partial charge in [0.15, 0.2) is 5.54 Å². The molecule has 0 saturated carbocycles. The highest BCUT2D eigenvalue weighted by Gasteiger charge is 2.71. The number of nitrogens with zero attached hydrogens (tertiary/aromatic N) is 3. The van der Waals surface area contributed by atoms with E-state index in [4.69, 9.17) is 9.47 Å². The second-order valence-electron chi connectivity index (χ2n) is 10.9. The highest BCUT2D eigenvalue weighted by atomic mass is 19.4. The molecule has 2 N–H and O–H groups in total. The summed E-state index contributed by atoms with van der Waals surface area (Å²) in [5.41, 5.74) is -7.49. The van der Waals surface area contributed by atoms with E-state index in [1.165, 1.54) is 31.5 Å². The van der Waals surface area contributed by atoms with E-state index in [1.807, 2.05) is 13.8 Å². The number of aliphatic hydroxyl groups is 1. The normalized spacial score (nSPS) is 17.6. The molecule has 9 nitrogen and oxygen atoms in total. The third kappa shape index (κ3) is 6.53. The van der Waals surface area contributed by atoms with Crippen LogP contribution in [0.1, 0.15) is 56.6 Å². The lowest BCUT2D eigenvalue weighted by atomic mass is 9.90. The maximum Gasteiger partial charge on any atom is 0.430 e. The van der Waals surface area contributed by atoms with Gasteiger partial charge in [0.25, 0.3) is 11.5 Å². The van der Waals surface area contributed by atoms with Crippen molar-refractivity contribution >= 4 is 11.9 Å². The first kappa shape index (κ1) is 33.5. The lowest BCUT2D eigenvalue weighted by molar-refractivity contribution is -0.376. The van der Waals surface area contributed by atoms with E-state index in [0.29, 0.717) is 24.3 Å². The van der Waals surface area contributed by atoms with E-state index < -0.39 is 41.0 Å². The van der Waals surface area contributed by atoms with E-state index >= 15 is 0 Å². The Morgan fingerprint density at radius 3 is 2.24 bits per heavy atom. The Morgan fingerprint density at radius 2 is 1.67 bits per heavy atom. The molecule has 45 heavy (non-hydrogen) atoms. The molecular formula is C30H30F6N4O5. The highest BCUT2D eigenvalue weighted by Crippen LogP contribution is 2.50. The average molecular weight is 641 g/mol. The van der Waals surface area contributed by atoms with Gasteiger partial charge in [0.1, 0.15) is 17.2 Å². The number of hydrogen-bond acceptors (Lipinski definition) is 7. The van der Waals surface area contributed by atoms with Gasteiger partial charge in [-0.3, -0.25) is 19.7 Å². The minimum atomic E-state index is -6.03. The number of pyridine rings is 2. The van der Waals surface area contributed by atoms with Crippen molar-refractivity contribution in [2.45, 2.75) is 76.7 Å². The molecular weight excluding hydrogens is 610 g/mol. The quantitative estimate of drug-likeness (QED) is 0.198. The smallest absolute Gasteiger partial charge is 0.430 e. The molecule has 3 amide bonds. The minimum absolute atomic E-state index is 0.0116. The first-order valence-corrected chi connectivity index (χ1v) is 13.8. The minimum Gasteiger partial charge on any atom is -0.489 e. The number of ether oxygens (including phenoxy) is 2. The Bertz CT molecular complexity index is 1550. The molecule has 0 radical (unpaired) electrons. The number of aryl methyl sites for hydroxylation is 1. The zero-order chi connectivity index (χ0) is 33.4. The zero-order valence-corrected chi connectivity index (χ0v) is 24.6. The van der Waals surface area contributed by atoms with Crippen LogP contribution in [0, 0.1) is 0 Å². The maximum atomic E-state index is 13.4. The summed E-state index contributed by atoms with van der Waals surface area (Å²) in [6.07, 6.45) is -9.04. The van der Waals surface area contributed by atoms with Gasteiger partial charge in [-0.1, -0.05) is 19.4 Å². The molecule has 2 aromatic heterocycles. The van der Waals surface area contributed by atoms with Crippen LogP contribution in [-0.4, -0.2) is 50.4 Å². The number of alkyl halides is 6. The van der Waals surface area contributed by atoms with Crippen LogP contribution in [0.15, 0.2) is 54.9 Å². The summed E-state index contributed by atoms with van der Waals surface area (Å²) in [6.45, 7) is 6.58. The summed E-state index contributed by atoms with van der Waals surface area (Å²) >= 11 is 0. The van der Waals surface area contributed by atoms with Gasteiger partial charge in [-0.2, -0.15) is 26.3 Å². The van der Waals surface area contributed by atoms with Gasteiger partial charge in [0, 0.05) is 17.8 Å². The number of carbonyl (C=O) groups is 2. The van der Waals surface area contributed by atoms with Gasteiger partial charge < -0.3 is 19.9 Å². The lowest BCUT2D eigenvalue weighted by Crippen LogP contribution is -2.53. The molecule has 1 atom stereocenters. The van der Waals surface area contributed by atoms with Crippen molar-refractivity contribution < 1.29 is 50.5 Å². The Balaban J connectivity index is 1.56. The molecule has 242 valence electrons. The number of carbonyl (C=O) groups excluding carboxylic acids is 2. The summed E-state index contributed by atoms with van der Waals surface area (Å²) in [6, 6.07) is 7.28. The Morgan fingerprint density at radius 1 is 0.978 bits per heavy atom. The standard InChI is InChI=1S/C30H30F6N4O5/c1-5-6-18-13-19(28(43,29(31,32)33)30(34,35)36)7-9-23(18)45-21-11-12-37-20(14-21)16-40-25(41)27(4,39-26(40)42)24-10-8-22(15-38-24)44-17(2)3/h7-15,17,43H,5-6,16H2,1-4H3,(H,39,42). The first-order chi connectivity index (χ1) is 20.9. The van der Waals surface area contributed by atoms with E-state index in [-0.39, 0.29) is 47.5 Å². The van der Waals surface area contributed by atoms with Crippen molar-refractivity contribution in [2.24, 2.45) is 0 Å². The van der Waals surface area contributed by atoms with E-state index in [0.717, 1.165) is 11.0 Å². The fourth-order valence-corrected chi connectivity index (χ4v) is 4.78. The molecule has 3 heterocycles. The molecule has 4 rings (SSSR count). The van der Waals surface area contributed by atoms with Crippen molar-refractivity contribution in [3.8, 4) is 17.2 Å². The SMILES string of the molecule is CCCc1cc(C(O)(C(F)(F)F)C(F)(F)F)ccc1Oc1ccnc(CN2C(=O)NC(C)(c3ccc(OC(C)C)cn3)C2=O)c1. The number of benzene rings is 1. The summed E-state index contributed by atoms with van der Waals surface area (Å²) in [5.74, 6) is -0.0828. The van der Waals surface area contributed by atoms with Gasteiger partial charge in [0.05, 0.1) is 30.2 Å². The number of nitrogens with one attached hydrogen (secondary N) is 1. The van der Waals surface area contributed by atoms with Gasteiger partial charge >= 0.3 is 18.4 Å². The number of aromatic nitrogens is 2. The number of amides is 3.